The van der Waals surface area contributed by atoms with Gasteiger partial charge in [0.25, 0.3) is 5.91 Å². The molecule has 0 saturated carbocycles. The highest BCUT2D eigenvalue weighted by atomic mass is 16.5. The van der Waals surface area contributed by atoms with Gasteiger partial charge in [-0.15, -0.1) is 0 Å². The Labute approximate surface area is 202 Å². The van der Waals surface area contributed by atoms with Crippen molar-refractivity contribution in [2.45, 2.75) is 13.1 Å². The number of aromatic nitrogens is 1. The van der Waals surface area contributed by atoms with E-state index in [0.717, 1.165) is 16.9 Å². The Hall–Kier alpha value is -4.59. The number of nitrogens with zero attached hydrogens (tertiary/aromatic N) is 3. The van der Waals surface area contributed by atoms with Crippen LogP contribution in [0.1, 0.15) is 21.6 Å². The summed E-state index contributed by atoms with van der Waals surface area (Å²) < 4.78 is 11.2. The fourth-order valence-corrected chi connectivity index (χ4v) is 3.78. The van der Waals surface area contributed by atoms with Crippen molar-refractivity contribution in [1.29, 1.82) is 0 Å². The highest BCUT2D eigenvalue weighted by molar-refractivity contribution is 5.94. The molecule has 1 aromatic heterocycles. The molecule has 2 heterocycles. The standard InChI is InChI=1S/C27H24N4O4/c32-25(28-17-20-11-13-23(14-12-20)35-22-9-5-2-6-10-22)24-19-34-26(29-24)31-16-15-30(27(31)33)18-21-7-3-1-4-8-21/h1-14,19H,15-18H2,(H,28,32). The third-order valence-corrected chi connectivity index (χ3v) is 5.62. The van der Waals surface area contributed by atoms with Crippen LogP contribution in [0.15, 0.2) is 95.6 Å². The minimum atomic E-state index is -0.377. The van der Waals surface area contributed by atoms with E-state index < -0.39 is 0 Å². The van der Waals surface area contributed by atoms with Gasteiger partial charge in [-0.1, -0.05) is 60.7 Å². The van der Waals surface area contributed by atoms with Gasteiger partial charge >= 0.3 is 12.0 Å². The van der Waals surface area contributed by atoms with E-state index in [2.05, 4.69) is 10.3 Å². The lowest BCUT2D eigenvalue weighted by atomic mass is 10.2. The van der Waals surface area contributed by atoms with Crippen LogP contribution in [0.25, 0.3) is 0 Å². The van der Waals surface area contributed by atoms with Crippen LogP contribution >= 0.6 is 0 Å². The zero-order valence-electron chi connectivity index (χ0n) is 19.0. The third kappa shape index (κ3) is 5.33. The van der Waals surface area contributed by atoms with Crippen LogP contribution in [0.5, 0.6) is 11.5 Å². The quantitative estimate of drug-likeness (QED) is 0.400. The molecule has 1 saturated heterocycles. The molecule has 1 N–H and O–H groups in total. The number of carbonyl (C=O) groups is 2. The van der Waals surface area contributed by atoms with Crippen LogP contribution in [0.3, 0.4) is 0 Å². The Morgan fingerprint density at radius 2 is 1.57 bits per heavy atom. The molecule has 1 aliphatic heterocycles. The number of urea groups is 1. The van der Waals surface area contributed by atoms with Crippen molar-refractivity contribution in [3.05, 3.63) is 108 Å². The molecule has 5 rings (SSSR count). The number of rotatable bonds is 8. The van der Waals surface area contributed by atoms with Gasteiger partial charge < -0.3 is 19.4 Å². The summed E-state index contributed by atoms with van der Waals surface area (Å²) in [5, 5.41) is 2.82. The lowest BCUT2D eigenvalue weighted by molar-refractivity contribution is 0.0946. The monoisotopic (exact) mass is 468 g/mol. The van der Waals surface area contributed by atoms with Gasteiger partial charge in [0.05, 0.1) is 0 Å². The SMILES string of the molecule is O=C(NCc1ccc(Oc2ccccc2)cc1)c1coc(N2CCN(Cc3ccccc3)C2=O)n1. The molecular formula is C27H24N4O4. The number of oxazole rings is 1. The van der Waals surface area contributed by atoms with Crippen LogP contribution in [0.2, 0.25) is 0 Å². The molecule has 3 amide bonds. The molecule has 3 aromatic carbocycles. The second-order valence-corrected chi connectivity index (χ2v) is 8.10. The highest BCUT2D eigenvalue weighted by Gasteiger charge is 2.33. The average molecular weight is 469 g/mol. The number of nitrogens with one attached hydrogen (secondary N) is 1. The van der Waals surface area contributed by atoms with E-state index >= 15 is 0 Å². The molecule has 0 atom stereocenters. The molecule has 1 fully saturated rings. The number of para-hydroxylation sites is 1. The number of benzene rings is 3. The minimum Gasteiger partial charge on any atom is -0.457 e. The predicted octanol–water partition coefficient (Wildman–Crippen LogP) is 4.84. The Kier molecular flexibility index (Phi) is 6.43. The Morgan fingerprint density at radius 3 is 2.31 bits per heavy atom. The van der Waals surface area contributed by atoms with E-state index in [1.54, 1.807) is 4.90 Å². The first kappa shape index (κ1) is 22.2. The Morgan fingerprint density at radius 1 is 0.886 bits per heavy atom. The number of anilines is 1. The summed E-state index contributed by atoms with van der Waals surface area (Å²) in [7, 11) is 0. The van der Waals surface area contributed by atoms with Crippen LogP contribution in [-0.2, 0) is 13.1 Å². The van der Waals surface area contributed by atoms with Gasteiger partial charge in [0.1, 0.15) is 17.8 Å². The van der Waals surface area contributed by atoms with Crippen LogP contribution in [-0.4, -0.2) is 34.9 Å². The summed E-state index contributed by atoms with van der Waals surface area (Å²) in [6.07, 6.45) is 1.27. The zero-order chi connectivity index (χ0) is 24.0. The van der Waals surface area contributed by atoms with Crippen molar-refractivity contribution in [2.75, 3.05) is 18.0 Å². The molecule has 4 aromatic rings. The topological polar surface area (TPSA) is 87.9 Å². The van der Waals surface area contributed by atoms with E-state index in [1.165, 1.54) is 11.2 Å². The minimum absolute atomic E-state index is 0.123. The molecule has 8 nitrogen and oxygen atoms in total. The number of carbonyl (C=O) groups excluding carboxylic acids is 2. The van der Waals surface area contributed by atoms with Gasteiger partial charge in [0.15, 0.2) is 5.69 Å². The first-order valence-electron chi connectivity index (χ1n) is 11.3. The van der Waals surface area contributed by atoms with Crippen molar-refractivity contribution >= 4 is 18.0 Å². The fraction of sp³-hybridized carbons (Fsp3) is 0.148. The number of hydrogen-bond acceptors (Lipinski definition) is 5. The molecule has 1 aliphatic rings. The zero-order valence-corrected chi connectivity index (χ0v) is 19.0. The van der Waals surface area contributed by atoms with Crippen molar-refractivity contribution in [2.24, 2.45) is 0 Å². The Bertz CT molecular complexity index is 1290. The summed E-state index contributed by atoms with van der Waals surface area (Å²) in [6.45, 7) is 1.84. The van der Waals surface area contributed by atoms with Crippen LogP contribution < -0.4 is 15.0 Å². The molecule has 0 spiro atoms. The molecule has 0 unspecified atom stereocenters. The summed E-state index contributed by atoms with van der Waals surface area (Å²) in [4.78, 5) is 32.8. The maximum Gasteiger partial charge on any atom is 0.328 e. The maximum absolute atomic E-state index is 12.8. The predicted molar refractivity (Wildman–Crippen MR) is 130 cm³/mol. The fourth-order valence-electron chi connectivity index (χ4n) is 3.78. The summed E-state index contributed by atoms with van der Waals surface area (Å²) >= 11 is 0. The van der Waals surface area contributed by atoms with Crippen LogP contribution in [0, 0.1) is 0 Å². The number of ether oxygens (including phenoxy) is 1. The largest absolute Gasteiger partial charge is 0.457 e. The number of amides is 3. The van der Waals surface area contributed by atoms with E-state index in [9.17, 15) is 9.59 Å². The summed E-state index contributed by atoms with van der Waals surface area (Å²) in [5.74, 6) is 1.09. The van der Waals surface area contributed by atoms with Crippen molar-refractivity contribution in [1.82, 2.24) is 15.2 Å². The Balaban J connectivity index is 1.14. The second-order valence-electron chi connectivity index (χ2n) is 8.10. The molecule has 0 aliphatic carbocycles. The third-order valence-electron chi connectivity index (χ3n) is 5.62. The van der Waals surface area contributed by atoms with E-state index in [4.69, 9.17) is 9.15 Å². The lowest BCUT2D eigenvalue weighted by Gasteiger charge is -2.16. The smallest absolute Gasteiger partial charge is 0.328 e. The van der Waals surface area contributed by atoms with Crippen molar-refractivity contribution in [3.8, 4) is 11.5 Å². The lowest BCUT2D eigenvalue weighted by Crippen LogP contribution is -2.31. The molecule has 0 radical (unpaired) electrons. The molecule has 8 heteroatoms. The van der Waals surface area contributed by atoms with Gasteiger partial charge in [0.2, 0.25) is 0 Å². The van der Waals surface area contributed by atoms with E-state index in [-0.39, 0.29) is 23.6 Å². The van der Waals surface area contributed by atoms with Gasteiger partial charge in [0, 0.05) is 26.2 Å². The summed E-state index contributed by atoms with van der Waals surface area (Å²) in [6, 6.07) is 26.7. The van der Waals surface area contributed by atoms with E-state index in [0.29, 0.717) is 31.9 Å². The summed E-state index contributed by atoms with van der Waals surface area (Å²) in [5.41, 5.74) is 2.09. The van der Waals surface area contributed by atoms with Gasteiger partial charge in [-0.3, -0.25) is 4.79 Å². The highest BCUT2D eigenvalue weighted by Crippen LogP contribution is 2.22. The molecular weight excluding hydrogens is 444 g/mol. The van der Waals surface area contributed by atoms with Crippen molar-refractivity contribution in [3.63, 3.8) is 0 Å². The first-order valence-corrected chi connectivity index (χ1v) is 11.3. The van der Waals surface area contributed by atoms with Gasteiger partial charge in [-0.25, -0.2) is 9.69 Å². The molecule has 176 valence electrons. The second kappa shape index (κ2) is 10.1. The first-order chi connectivity index (χ1) is 17.2. The average Bonchev–Trinajstić information content (AvgIpc) is 3.52. The van der Waals surface area contributed by atoms with Gasteiger partial charge in [-0.05, 0) is 35.4 Å². The maximum atomic E-state index is 12.8. The molecule has 35 heavy (non-hydrogen) atoms. The normalized spacial score (nSPS) is 13.2. The van der Waals surface area contributed by atoms with Crippen LogP contribution in [0.4, 0.5) is 10.8 Å². The molecule has 0 bridgehead atoms. The van der Waals surface area contributed by atoms with Gasteiger partial charge in [-0.2, -0.15) is 4.98 Å². The number of hydrogen-bond donors (Lipinski definition) is 1. The van der Waals surface area contributed by atoms with Crippen molar-refractivity contribution < 1.29 is 18.7 Å². The van der Waals surface area contributed by atoms with E-state index in [1.807, 2.05) is 84.9 Å².